The van der Waals surface area contributed by atoms with Gasteiger partial charge in [0, 0.05) is 0 Å². The number of amides is 4. The molecule has 0 saturated carbocycles. The minimum absolute atomic E-state index is 0.833. The first-order chi connectivity index (χ1) is 7.46. The minimum Gasteiger partial charge on any atom is -0.352 e. The highest BCUT2D eigenvalue weighted by Crippen LogP contribution is 1.59. The third-order valence-corrected chi connectivity index (χ3v) is 0. The number of hydrogen-bond acceptors (Lipinski definition) is 6. The van der Waals surface area contributed by atoms with Crippen LogP contribution in [0.4, 0.5) is 9.59 Å². The number of rotatable bonds is 0. The van der Waals surface area contributed by atoms with Crippen LogP contribution in [0.15, 0.2) is 0 Å². The van der Waals surface area contributed by atoms with Gasteiger partial charge in [0.05, 0.1) is 0 Å². The first-order valence-corrected chi connectivity index (χ1v) is 5.75. The number of primary amides is 4. The van der Waals surface area contributed by atoms with Gasteiger partial charge in [-0.25, -0.2) is 9.59 Å². The van der Waals surface area contributed by atoms with Gasteiger partial charge in [-0.15, -0.1) is 0 Å². The summed E-state index contributed by atoms with van der Waals surface area (Å²) in [6.45, 7) is 0. The monoisotopic (exact) mass is 316 g/mol. The van der Waals surface area contributed by atoms with Crippen molar-refractivity contribution in [3.05, 3.63) is 0 Å². The van der Waals surface area contributed by atoms with Gasteiger partial charge in [0.2, 0.25) is 0 Å². The van der Waals surface area contributed by atoms with Crippen LogP contribution < -0.4 is 22.9 Å². The smallest absolute Gasteiger partial charge is 0.352 e. The molecule has 4 amide bonds. The van der Waals surface area contributed by atoms with Crippen molar-refractivity contribution in [2.24, 2.45) is 22.9 Å². The fourth-order valence-electron chi connectivity index (χ4n) is 0. The van der Waals surface area contributed by atoms with Gasteiger partial charge >= 0.3 is 32.9 Å². The molecular weight excluding hydrogens is 304 g/mol. The van der Waals surface area contributed by atoms with Crippen LogP contribution in [-0.2, 0) is 20.8 Å². The van der Waals surface area contributed by atoms with Crippen LogP contribution in [0.2, 0.25) is 0 Å². The summed E-state index contributed by atoms with van der Waals surface area (Å²) < 4.78 is 63.2. The molecule has 0 aromatic heterocycles. The van der Waals surface area contributed by atoms with Crippen molar-refractivity contribution in [2.45, 2.75) is 0 Å². The van der Waals surface area contributed by atoms with E-state index in [9.17, 15) is 0 Å². The fraction of sp³-hybridized carbons (Fsp3) is 0. The first kappa shape index (κ1) is 25.2. The first-order valence-electron chi connectivity index (χ1n) is 2.96. The molecule has 14 nitrogen and oxygen atoms in total. The van der Waals surface area contributed by atoms with Crippen LogP contribution in [0, 0.1) is 0 Å². The van der Waals surface area contributed by atoms with Crippen LogP contribution in [0.5, 0.6) is 0 Å². The summed E-state index contributed by atoms with van der Waals surface area (Å²) in [6.07, 6.45) is 0. The highest BCUT2D eigenvalue weighted by Gasteiger charge is 1.85. The van der Waals surface area contributed by atoms with E-state index < -0.39 is 32.9 Å². The summed E-state index contributed by atoms with van der Waals surface area (Å²) in [5, 5.41) is 0. The van der Waals surface area contributed by atoms with Crippen molar-refractivity contribution in [1.29, 1.82) is 0 Å². The van der Waals surface area contributed by atoms with E-state index in [1.54, 1.807) is 0 Å². The zero-order chi connectivity index (χ0) is 16.2. The van der Waals surface area contributed by atoms with Crippen molar-refractivity contribution in [3.63, 3.8) is 0 Å². The summed E-state index contributed by atoms with van der Waals surface area (Å²) in [6, 6.07) is -1.67. The van der Waals surface area contributed by atoms with Gasteiger partial charge in [0.25, 0.3) is 0 Å². The molecule has 12 N–H and O–H groups in total. The molecule has 0 rings (SSSR count). The lowest BCUT2D eigenvalue weighted by molar-refractivity contribution is 0.255. The van der Waals surface area contributed by atoms with Crippen molar-refractivity contribution in [3.8, 4) is 0 Å². The molecule has 0 radical (unpaired) electrons. The van der Waals surface area contributed by atoms with Crippen molar-refractivity contribution in [2.75, 3.05) is 0 Å². The Morgan fingerprint density at radius 2 is 0.611 bits per heavy atom. The fourth-order valence-corrected chi connectivity index (χ4v) is 0. The average molecular weight is 316 g/mol. The van der Waals surface area contributed by atoms with E-state index in [1.807, 2.05) is 0 Å². The van der Waals surface area contributed by atoms with Crippen molar-refractivity contribution in [1.82, 2.24) is 0 Å². The van der Waals surface area contributed by atoms with Crippen LogP contribution >= 0.6 is 0 Å². The number of nitrogens with two attached hydrogens (primary N) is 4. The van der Waals surface area contributed by atoms with Crippen molar-refractivity contribution < 1.29 is 44.6 Å². The highest BCUT2D eigenvalue weighted by molar-refractivity contribution is 7.80. The molecule has 0 bridgehead atoms. The van der Waals surface area contributed by atoms with Crippen LogP contribution in [0.25, 0.3) is 0 Å². The zero-order valence-electron chi connectivity index (χ0n) is 8.36. The lowest BCUT2D eigenvalue weighted by Gasteiger charge is -1.68. The predicted octanol–water partition coefficient (Wildman–Crippen LogP) is -3.26. The van der Waals surface area contributed by atoms with E-state index >= 15 is 0 Å². The van der Waals surface area contributed by atoms with E-state index in [2.05, 4.69) is 22.9 Å². The summed E-state index contributed by atoms with van der Waals surface area (Å²) >= 11 is 0. The Bertz CT molecular complexity index is 357. The molecule has 0 unspecified atom stereocenters. The Balaban J connectivity index is -0.0000000731. The molecule has 0 aromatic rings. The Morgan fingerprint density at radius 3 is 0.611 bits per heavy atom. The second-order valence-electron chi connectivity index (χ2n) is 1.70. The molecule has 112 valence electrons. The van der Waals surface area contributed by atoms with Gasteiger partial charge in [0.1, 0.15) is 0 Å². The molecule has 0 aromatic carbocycles. The van der Waals surface area contributed by atoms with Gasteiger partial charge in [-0.05, 0) is 0 Å². The molecule has 0 saturated heterocycles. The maximum atomic E-state index is 9.00. The quantitative estimate of drug-likeness (QED) is 0.206. The van der Waals surface area contributed by atoms with Crippen LogP contribution in [0.3, 0.4) is 0 Å². The van der Waals surface area contributed by atoms with Gasteiger partial charge in [-0.3, -0.25) is 18.2 Å². The predicted molar refractivity (Wildman–Crippen MR) is 55.9 cm³/mol. The molecule has 18 heavy (non-hydrogen) atoms. The molecule has 0 fully saturated rings. The van der Waals surface area contributed by atoms with Crippen LogP contribution in [-0.4, -0.2) is 47.1 Å². The SMILES string of the molecule is NC(N)=O.NC(N)=O.O=S(=O)(O)O.O=S(=O)(O)O. The van der Waals surface area contributed by atoms with Gasteiger partial charge in [-0.1, -0.05) is 0 Å². The van der Waals surface area contributed by atoms with Crippen LogP contribution in [0.1, 0.15) is 0 Å². The summed E-state index contributed by atoms with van der Waals surface area (Å²) in [7, 11) is -9.33. The second kappa shape index (κ2) is 11.8. The number of hydrogen-bond donors (Lipinski definition) is 8. The molecule has 0 aliphatic rings. The molecule has 0 atom stereocenters. The van der Waals surface area contributed by atoms with E-state index in [0.29, 0.717) is 0 Å². The molecule has 16 heteroatoms. The lowest BCUT2D eigenvalue weighted by atomic mass is 11.2. The third-order valence-electron chi connectivity index (χ3n) is 0. The standard InChI is InChI=1S/2CH4N2O.2H2O4S/c2*2-1(3)4;2*1-5(2,3)4/h2*(H4,2,3,4);2*(H2,1,2,3,4). The van der Waals surface area contributed by atoms with Gasteiger partial charge in [0.15, 0.2) is 0 Å². The Hall–Kier alpha value is -1.72. The number of urea groups is 2. The Kier molecular flexibility index (Phi) is 16.5. The average Bonchev–Trinajstić information content (AvgIpc) is 1.70. The Morgan fingerprint density at radius 1 is 0.611 bits per heavy atom. The maximum absolute atomic E-state index is 9.00. The second-order valence-corrected chi connectivity index (χ2v) is 3.49. The molecular formula is C2H12N4O10S2. The molecule has 0 heterocycles. The molecule has 0 aliphatic heterocycles. The normalized spacial score (nSPS) is 9.11. The Labute approximate surface area is 101 Å². The van der Waals surface area contributed by atoms with E-state index in [-0.39, 0.29) is 0 Å². The molecule has 0 spiro atoms. The van der Waals surface area contributed by atoms with E-state index in [1.165, 1.54) is 0 Å². The summed E-state index contributed by atoms with van der Waals surface area (Å²) in [5.41, 5.74) is 17.0. The largest absolute Gasteiger partial charge is 0.394 e. The maximum Gasteiger partial charge on any atom is 0.394 e. The topological polar surface area (TPSA) is 287 Å². The minimum atomic E-state index is -4.67. The zero-order valence-corrected chi connectivity index (χ0v) is 10.00. The van der Waals surface area contributed by atoms with E-state index in [4.69, 9.17) is 44.6 Å². The van der Waals surface area contributed by atoms with E-state index in [0.717, 1.165) is 0 Å². The summed E-state index contributed by atoms with van der Waals surface area (Å²) in [5.74, 6) is 0. The molecule has 0 aliphatic carbocycles. The number of carbonyl (C=O) groups excluding carboxylic acids is 2. The van der Waals surface area contributed by atoms with Crippen molar-refractivity contribution >= 4 is 32.9 Å². The van der Waals surface area contributed by atoms with Gasteiger partial charge < -0.3 is 22.9 Å². The lowest BCUT2D eigenvalue weighted by Crippen LogP contribution is -2.18. The number of carbonyl (C=O) groups is 2. The third kappa shape index (κ3) is 851. The van der Waals surface area contributed by atoms with Gasteiger partial charge in [-0.2, -0.15) is 16.8 Å². The summed E-state index contributed by atoms with van der Waals surface area (Å²) in [4.78, 5) is 18.0. The highest BCUT2D eigenvalue weighted by atomic mass is 32.3.